The zero-order chi connectivity index (χ0) is 26.2. The van der Waals surface area contributed by atoms with E-state index in [4.69, 9.17) is 5.73 Å². The number of carbonyl (C=O) groups excluding carboxylic acids is 1. The third-order valence-corrected chi connectivity index (χ3v) is 9.32. The van der Waals surface area contributed by atoms with E-state index in [0.717, 1.165) is 57.1 Å². The maximum atomic E-state index is 12.9. The Kier molecular flexibility index (Phi) is 7.00. The van der Waals surface area contributed by atoms with Crippen molar-refractivity contribution < 1.29 is 4.79 Å². The van der Waals surface area contributed by atoms with Gasteiger partial charge in [0.05, 0.1) is 17.4 Å². The van der Waals surface area contributed by atoms with Gasteiger partial charge in [0.1, 0.15) is 0 Å². The van der Waals surface area contributed by atoms with Gasteiger partial charge >= 0.3 is 0 Å². The van der Waals surface area contributed by atoms with E-state index < -0.39 is 0 Å². The van der Waals surface area contributed by atoms with E-state index in [9.17, 15) is 4.79 Å². The number of nitrogens with one attached hydrogen (secondary N) is 1. The predicted octanol–water partition coefficient (Wildman–Crippen LogP) is 6.29. The maximum Gasteiger partial charge on any atom is 0.222 e. The number of rotatable bonds is 6. The number of nitrogens with two attached hydrogens (primary N) is 1. The molecule has 1 aliphatic heterocycles. The number of aryl methyl sites for hydroxylation is 2. The number of aromatic nitrogens is 3. The Morgan fingerprint density at radius 2 is 1.84 bits per heavy atom. The fourth-order valence-corrected chi connectivity index (χ4v) is 6.94. The summed E-state index contributed by atoms with van der Waals surface area (Å²) in [5.74, 6) is 1.54. The van der Waals surface area contributed by atoms with E-state index in [1.807, 2.05) is 17.9 Å². The lowest BCUT2D eigenvalue weighted by atomic mass is 9.83. The van der Waals surface area contributed by atoms with E-state index in [0.29, 0.717) is 30.2 Å². The van der Waals surface area contributed by atoms with Gasteiger partial charge in [-0.2, -0.15) is 5.10 Å². The Morgan fingerprint density at radius 3 is 2.61 bits per heavy atom. The molecule has 6 heteroatoms. The van der Waals surface area contributed by atoms with Crippen LogP contribution in [0.1, 0.15) is 75.3 Å². The van der Waals surface area contributed by atoms with Gasteiger partial charge in [-0.05, 0) is 92.5 Å². The van der Waals surface area contributed by atoms with E-state index in [-0.39, 0.29) is 0 Å². The van der Waals surface area contributed by atoms with Gasteiger partial charge in [-0.1, -0.05) is 25.1 Å². The molecular formula is C32H41N5O. The minimum absolute atomic E-state index is 0.349. The van der Waals surface area contributed by atoms with Crippen molar-refractivity contribution in [2.45, 2.75) is 76.7 Å². The molecule has 200 valence electrons. The molecule has 38 heavy (non-hydrogen) atoms. The molecule has 0 bridgehead atoms. The van der Waals surface area contributed by atoms with Crippen molar-refractivity contribution in [3.05, 3.63) is 53.7 Å². The molecule has 0 spiro atoms. The average molecular weight is 512 g/mol. The van der Waals surface area contributed by atoms with Crippen molar-refractivity contribution in [2.75, 3.05) is 13.1 Å². The maximum absolute atomic E-state index is 12.9. The van der Waals surface area contributed by atoms with E-state index in [1.54, 1.807) is 0 Å². The number of aromatic amines is 1. The van der Waals surface area contributed by atoms with Crippen LogP contribution in [-0.2, 0) is 18.3 Å². The zero-order valence-corrected chi connectivity index (χ0v) is 22.9. The van der Waals surface area contributed by atoms with Crippen LogP contribution in [0.3, 0.4) is 0 Å². The van der Waals surface area contributed by atoms with E-state index in [1.165, 1.54) is 51.5 Å². The van der Waals surface area contributed by atoms with Crippen molar-refractivity contribution in [1.82, 2.24) is 19.7 Å². The Hall–Kier alpha value is -3.12. The van der Waals surface area contributed by atoms with Gasteiger partial charge in [0.2, 0.25) is 5.91 Å². The molecule has 0 unspecified atom stereocenters. The molecule has 6 rings (SSSR count). The van der Waals surface area contributed by atoms with Gasteiger partial charge in [0, 0.05) is 54.5 Å². The fourth-order valence-electron chi connectivity index (χ4n) is 6.94. The first kappa shape index (κ1) is 25.2. The Labute approximate surface area is 225 Å². The molecule has 4 aromatic rings. The highest BCUT2D eigenvalue weighted by atomic mass is 16.2. The number of fused-ring (bicyclic) bond motifs is 2. The fraction of sp³-hybridized carbons (Fsp3) is 0.500. The number of nitrogens with zero attached hydrogens (tertiary/aromatic N) is 3. The standard InChI is InChI=1S/C32H41N5O/c1-3-25-27-19-23(10-13-29(27)35-32(25)26-5-4-6-30-28(26)20-34-36(30)2)22-15-17-37(18-16-22)31(38)14-9-21-7-11-24(33)12-8-21/h4-6,10,13,19-22,24,35H,3,7-9,11-12,14-18,33H2,1-2H3. The number of piperidine rings is 1. The first-order chi connectivity index (χ1) is 18.5. The van der Waals surface area contributed by atoms with Crippen molar-refractivity contribution in [2.24, 2.45) is 18.7 Å². The van der Waals surface area contributed by atoms with Crippen LogP contribution in [-0.4, -0.2) is 44.7 Å². The number of likely N-dealkylation sites (tertiary alicyclic amines) is 1. The summed E-state index contributed by atoms with van der Waals surface area (Å²) < 4.78 is 1.94. The largest absolute Gasteiger partial charge is 0.354 e. The number of hydrogen-bond acceptors (Lipinski definition) is 3. The molecule has 3 heterocycles. The van der Waals surface area contributed by atoms with Crippen molar-refractivity contribution in [3.8, 4) is 11.3 Å². The first-order valence-corrected chi connectivity index (χ1v) is 14.6. The van der Waals surface area contributed by atoms with Gasteiger partial charge in [0.15, 0.2) is 0 Å². The summed E-state index contributed by atoms with van der Waals surface area (Å²) in [4.78, 5) is 18.8. The summed E-state index contributed by atoms with van der Waals surface area (Å²) in [6.45, 7) is 3.99. The highest BCUT2D eigenvalue weighted by Crippen LogP contribution is 2.37. The molecule has 0 radical (unpaired) electrons. The lowest BCUT2D eigenvalue weighted by Crippen LogP contribution is -2.38. The molecule has 1 aliphatic carbocycles. The third kappa shape index (κ3) is 4.75. The number of amides is 1. The summed E-state index contributed by atoms with van der Waals surface area (Å²) >= 11 is 0. The van der Waals surface area contributed by atoms with Crippen molar-refractivity contribution >= 4 is 27.7 Å². The second-order valence-electron chi connectivity index (χ2n) is 11.6. The highest BCUT2D eigenvalue weighted by molar-refractivity contribution is 5.99. The molecule has 2 aromatic heterocycles. The summed E-state index contributed by atoms with van der Waals surface area (Å²) in [7, 11) is 2.00. The first-order valence-electron chi connectivity index (χ1n) is 14.6. The van der Waals surface area contributed by atoms with Gasteiger partial charge in [0.25, 0.3) is 0 Å². The van der Waals surface area contributed by atoms with Crippen molar-refractivity contribution in [1.29, 1.82) is 0 Å². The molecule has 1 saturated carbocycles. The summed E-state index contributed by atoms with van der Waals surface area (Å²) in [6.07, 6.45) is 11.4. The van der Waals surface area contributed by atoms with Crippen LogP contribution in [0, 0.1) is 5.92 Å². The second-order valence-corrected chi connectivity index (χ2v) is 11.6. The van der Waals surface area contributed by atoms with Crippen LogP contribution in [0.15, 0.2) is 42.6 Å². The Balaban J connectivity index is 1.15. The normalized spacial score (nSPS) is 21.0. The molecule has 2 aliphatic rings. The lowest BCUT2D eigenvalue weighted by molar-refractivity contribution is -0.132. The van der Waals surface area contributed by atoms with Gasteiger partial charge in [-0.15, -0.1) is 0 Å². The smallest absolute Gasteiger partial charge is 0.222 e. The third-order valence-electron chi connectivity index (χ3n) is 9.32. The highest BCUT2D eigenvalue weighted by Gasteiger charge is 2.26. The number of H-pyrrole nitrogens is 1. The van der Waals surface area contributed by atoms with E-state index in [2.05, 4.69) is 58.3 Å². The molecule has 1 amide bonds. The van der Waals surface area contributed by atoms with Crippen LogP contribution < -0.4 is 5.73 Å². The summed E-state index contributed by atoms with van der Waals surface area (Å²) in [5, 5.41) is 7.00. The Bertz CT molecular complexity index is 1430. The average Bonchev–Trinajstić information content (AvgIpc) is 3.52. The minimum atomic E-state index is 0.349. The summed E-state index contributed by atoms with van der Waals surface area (Å²) in [5.41, 5.74) is 13.6. The molecule has 2 aromatic carbocycles. The van der Waals surface area contributed by atoms with Gasteiger partial charge < -0.3 is 15.6 Å². The molecule has 3 N–H and O–H groups in total. The monoisotopic (exact) mass is 511 g/mol. The molecule has 2 fully saturated rings. The van der Waals surface area contributed by atoms with Crippen LogP contribution in [0.2, 0.25) is 0 Å². The Morgan fingerprint density at radius 1 is 1.05 bits per heavy atom. The number of benzene rings is 2. The van der Waals surface area contributed by atoms with Crippen LogP contribution in [0.5, 0.6) is 0 Å². The molecule has 6 nitrogen and oxygen atoms in total. The molecule has 0 atom stereocenters. The van der Waals surface area contributed by atoms with Gasteiger partial charge in [-0.3, -0.25) is 9.48 Å². The SMILES string of the molecule is CCc1c(-c2cccc3c2cnn3C)[nH]c2ccc(C3CCN(C(=O)CCC4CCC(N)CC4)CC3)cc12. The molecular weight excluding hydrogens is 470 g/mol. The van der Waals surface area contributed by atoms with E-state index >= 15 is 0 Å². The minimum Gasteiger partial charge on any atom is -0.354 e. The topological polar surface area (TPSA) is 79.9 Å². The lowest BCUT2D eigenvalue weighted by Gasteiger charge is -2.33. The quantitative estimate of drug-likeness (QED) is 0.319. The van der Waals surface area contributed by atoms with Crippen LogP contribution in [0.25, 0.3) is 33.1 Å². The second kappa shape index (κ2) is 10.6. The number of carbonyl (C=O) groups is 1. The van der Waals surface area contributed by atoms with Crippen LogP contribution in [0.4, 0.5) is 0 Å². The summed E-state index contributed by atoms with van der Waals surface area (Å²) in [6, 6.07) is 13.8. The predicted molar refractivity (Wildman–Crippen MR) is 155 cm³/mol. The van der Waals surface area contributed by atoms with Gasteiger partial charge in [-0.25, -0.2) is 0 Å². The zero-order valence-electron chi connectivity index (χ0n) is 22.9. The molecule has 1 saturated heterocycles. The van der Waals surface area contributed by atoms with Crippen LogP contribution >= 0.6 is 0 Å². The number of hydrogen-bond donors (Lipinski definition) is 2. The van der Waals surface area contributed by atoms with Crippen molar-refractivity contribution in [3.63, 3.8) is 0 Å².